The summed E-state index contributed by atoms with van der Waals surface area (Å²) in [6.07, 6.45) is 4.94. The molecule has 0 aliphatic rings. The van der Waals surface area contributed by atoms with Gasteiger partial charge < -0.3 is 64.8 Å². The normalized spacial score (nSPS) is 11.6. The number of fused-ring (bicyclic) bond motifs is 2. The van der Waals surface area contributed by atoms with Gasteiger partial charge in [0.15, 0.2) is 11.2 Å². The van der Waals surface area contributed by atoms with Crippen LogP contribution in [-0.2, 0) is 55.8 Å². The van der Waals surface area contributed by atoms with Gasteiger partial charge in [-0.3, -0.25) is 4.79 Å². The predicted octanol–water partition coefficient (Wildman–Crippen LogP) is 0.735. The van der Waals surface area contributed by atoms with Gasteiger partial charge in [0.1, 0.15) is 29.2 Å². The molecule has 0 aliphatic heterocycles. The summed E-state index contributed by atoms with van der Waals surface area (Å²) in [5, 5.41) is 8.21. The van der Waals surface area contributed by atoms with Crippen molar-refractivity contribution in [3.63, 3.8) is 0 Å². The maximum absolute atomic E-state index is 12.3. The molecule has 58 heavy (non-hydrogen) atoms. The molecular formula is C37H53N11O10. The van der Waals surface area contributed by atoms with E-state index in [-0.39, 0.29) is 31.5 Å². The van der Waals surface area contributed by atoms with E-state index in [4.69, 9.17) is 64.6 Å². The van der Waals surface area contributed by atoms with Crippen LogP contribution in [-0.4, -0.2) is 153 Å². The van der Waals surface area contributed by atoms with Crippen LogP contribution in [0.25, 0.3) is 33.4 Å². The molecule has 0 bridgehead atoms. The number of nitrogens with zero attached hydrogens (tertiary/aromatic N) is 7. The smallest absolute Gasteiger partial charge is 0.292 e. The molecule has 21 nitrogen and oxygen atoms in total. The van der Waals surface area contributed by atoms with Gasteiger partial charge in [-0.1, -0.05) is 0 Å². The zero-order chi connectivity index (χ0) is 40.6. The van der Waals surface area contributed by atoms with Gasteiger partial charge in [0.25, 0.3) is 6.01 Å². The van der Waals surface area contributed by atoms with Gasteiger partial charge >= 0.3 is 0 Å². The quantitative estimate of drug-likeness (QED) is 0.0449. The van der Waals surface area contributed by atoms with Crippen LogP contribution in [0.3, 0.4) is 0 Å². The molecule has 7 N–H and O–H groups in total. The van der Waals surface area contributed by atoms with Crippen molar-refractivity contribution in [2.24, 2.45) is 5.73 Å². The molecule has 5 rings (SSSR count). The third-order valence-corrected chi connectivity index (χ3v) is 8.11. The van der Waals surface area contributed by atoms with Crippen molar-refractivity contribution in [1.82, 2.24) is 40.0 Å². The van der Waals surface area contributed by atoms with Gasteiger partial charge in [-0.2, -0.15) is 10.1 Å². The molecule has 21 heteroatoms. The van der Waals surface area contributed by atoms with E-state index in [0.717, 1.165) is 11.1 Å². The summed E-state index contributed by atoms with van der Waals surface area (Å²) in [5.41, 5.74) is 21.1. The number of aromatic nitrogens is 7. The van der Waals surface area contributed by atoms with E-state index in [9.17, 15) is 4.79 Å². The Balaban J connectivity index is 0.846. The Morgan fingerprint density at radius 3 is 1.83 bits per heavy atom. The number of rotatable bonds is 31. The molecule has 0 atom stereocenters. The number of nitrogens with one attached hydrogen (secondary N) is 1. The van der Waals surface area contributed by atoms with Gasteiger partial charge in [-0.25, -0.2) is 24.6 Å². The first-order valence-corrected chi connectivity index (χ1v) is 19.0. The van der Waals surface area contributed by atoms with Gasteiger partial charge in [0.05, 0.1) is 124 Å². The predicted molar refractivity (Wildman–Crippen MR) is 210 cm³/mol. The highest BCUT2D eigenvalue weighted by molar-refractivity contribution is 5.99. The number of oxazole rings is 1. The molecule has 4 aromatic heterocycles. The number of anilines is 2. The van der Waals surface area contributed by atoms with Crippen LogP contribution in [0.2, 0.25) is 0 Å². The number of hydrogen-bond donors (Lipinski definition) is 4. The van der Waals surface area contributed by atoms with Gasteiger partial charge in [-0.05, 0) is 18.2 Å². The van der Waals surface area contributed by atoms with E-state index in [1.54, 1.807) is 23.1 Å². The molecule has 1 aromatic carbocycles. The van der Waals surface area contributed by atoms with Crippen molar-refractivity contribution in [3.05, 3.63) is 48.3 Å². The Morgan fingerprint density at radius 1 is 0.707 bits per heavy atom. The first kappa shape index (κ1) is 44.1. The second kappa shape index (κ2) is 25.4. The van der Waals surface area contributed by atoms with E-state index in [0.29, 0.717) is 152 Å². The maximum Gasteiger partial charge on any atom is 0.292 e. The summed E-state index contributed by atoms with van der Waals surface area (Å²) >= 11 is 0. The maximum atomic E-state index is 12.3. The average Bonchev–Trinajstić information content (AvgIpc) is 3.80. The number of nitrogens with two attached hydrogens (primary N) is 3. The SMILES string of the molecule is NCCOCCOCCOCCOCCOCCOCCOCCOCCC(=O)NCc1ncc(Cn2nc(-c3ccc4oc(N)nc4c3)c3c(N)ncnc32)cn1. The van der Waals surface area contributed by atoms with E-state index < -0.39 is 0 Å². The molecular weight excluding hydrogens is 758 g/mol. The number of nitrogen functional groups attached to an aromatic ring is 2. The number of amides is 1. The van der Waals surface area contributed by atoms with Crippen molar-refractivity contribution < 1.29 is 47.1 Å². The van der Waals surface area contributed by atoms with Crippen molar-refractivity contribution >= 4 is 39.9 Å². The van der Waals surface area contributed by atoms with E-state index in [2.05, 4.69) is 30.2 Å². The molecule has 1 amide bonds. The number of ether oxygens (including phenoxy) is 8. The summed E-state index contributed by atoms with van der Waals surface area (Å²) in [7, 11) is 0. The van der Waals surface area contributed by atoms with Crippen molar-refractivity contribution in [1.29, 1.82) is 0 Å². The minimum Gasteiger partial charge on any atom is -0.424 e. The largest absolute Gasteiger partial charge is 0.424 e. The molecule has 0 radical (unpaired) electrons. The third-order valence-electron chi connectivity index (χ3n) is 8.11. The zero-order valence-electron chi connectivity index (χ0n) is 32.6. The van der Waals surface area contributed by atoms with Crippen LogP contribution in [0.1, 0.15) is 17.8 Å². The van der Waals surface area contributed by atoms with Crippen LogP contribution in [0, 0.1) is 0 Å². The van der Waals surface area contributed by atoms with Gasteiger partial charge in [0.2, 0.25) is 5.91 Å². The highest BCUT2D eigenvalue weighted by Crippen LogP contribution is 2.32. The van der Waals surface area contributed by atoms with E-state index >= 15 is 0 Å². The summed E-state index contributed by atoms with van der Waals surface area (Å²) in [6.45, 7) is 8.40. The first-order chi connectivity index (χ1) is 28.5. The number of hydrogen-bond acceptors (Lipinski definition) is 19. The highest BCUT2D eigenvalue weighted by atomic mass is 16.6. The molecule has 0 unspecified atom stereocenters. The Bertz CT molecular complexity index is 1930. The lowest BCUT2D eigenvalue weighted by molar-refractivity contribution is -0.122. The van der Waals surface area contributed by atoms with E-state index in [1.807, 2.05) is 12.1 Å². The standard InChI is InChI=1S/C37H53N11O10/c38-4-6-51-8-10-53-12-14-55-16-18-57-20-19-56-17-15-54-13-11-52-9-7-50-5-3-32(49)43-24-31-41-22-27(23-42-31)25-48-36-33(35(39)44-26-45-36)34(47-48)28-1-2-30-29(21-28)46-37(40)58-30/h1-2,21-23,26H,3-20,24-25,38H2,(H2,40,46)(H,43,49)(H2,39,44,45). The monoisotopic (exact) mass is 811 g/mol. The zero-order valence-corrected chi connectivity index (χ0v) is 32.6. The second-order valence-corrected chi connectivity index (χ2v) is 12.4. The molecule has 0 spiro atoms. The summed E-state index contributed by atoms with van der Waals surface area (Å²) in [5.74, 6) is 0.579. The fourth-order valence-corrected chi connectivity index (χ4v) is 5.32. The number of carbonyl (C=O) groups is 1. The Hall–Kier alpha value is -4.97. The topological polar surface area (TPSA) is 276 Å². The second-order valence-electron chi connectivity index (χ2n) is 12.4. The third kappa shape index (κ3) is 15.1. The number of benzene rings is 1. The van der Waals surface area contributed by atoms with Crippen LogP contribution in [0.5, 0.6) is 0 Å². The Labute approximate surface area is 335 Å². The van der Waals surface area contributed by atoms with Crippen LogP contribution < -0.4 is 22.5 Å². The molecule has 316 valence electrons. The molecule has 0 aliphatic carbocycles. The summed E-state index contributed by atoms with van der Waals surface area (Å²) in [6, 6.07) is 5.52. The summed E-state index contributed by atoms with van der Waals surface area (Å²) in [4.78, 5) is 34.0. The van der Waals surface area contributed by atoms with E-state index in [1.165, 1.54) is 6.33 Å². The van der Waals surface area contributed by atoms with Crippen LogP contribution in [0.4, 0.5) is 11.8 Å². The molecule has 0 fully saturated rings. The molecule has 0 saturated carbocycles. The lowest BCUT2D eigenvalue weighted by Gasteiger charge is -2.09. The fourth-order valence-electron chi connectivity index (χ4n) is 5.32. The lowest BCUT2D eigenvalue weighted by Crippen LogP contribution is -2.25. The molecule has 5 aromatic rings. The van der Waals surface area contributed by atoms with Crippen molar-refractivity contribution in [2.75, 3.05) is 124 Å². The van der Waals surface area contributed by atoms with Gasteiger partial charge in [-0.15, -0.1) is 0 Å². The van der Waals surface area contributed by atoms with Gasteiger partial charge in [0, 0.05) is 36.5 Å². The minimum atomic E-state index is -0.178. The molecule has 0 saturated heterocycles. The highest BCUT2D eigenvalue weighted by Gasteiger charge is 2.19. The first-order valence-electron chi connectivity index (χ1n) is 19.0. The van der Waals surface area contributed by atoms with Crippen LogP contribution in [0.15, 0.2) is 41.3 Å². The van der Waals surface area contributed by atoms with Crippen LogP contribution >= 0.6 is 0 Å². The van der Waals surface area contributed by atoms with Crippen molar-refractivity contribution in [2.45, 2.75) is 19.5 Å². The van der Waals surface area contributed by atoms with Crippen molar-refractivity contribution in [3.8, 4) is 11.3 Å². The minimum absolute atomic E-state index is 0.0789. The molecule has 4 heterocycles. The lowest BCUT2D eigenvalue weighted by atomic mass is 10.1. The summed E-state index contributed by atoms with van der Waals surface area (Å²) < 4.78 is 50.6. The average molecular weight is 812 g/mol. The number of carbonyl (C=O) groups excluding carboxylic acids is 1. The Kier molecular flexibility index (Phi) is 19.3. The fraction of sp³-hybridized carbons (Fsp3) is 0.541. The Morgan fingerprint density at radius 2 is 1.26 bits per heavy atom.